The number of aryl methyl sites for hydroxylation is 1. The zero-order chi connectivity index (χ0) is 11.4. The first kappa shape index (κ1) is 10.5. The number of nitrogens with two attached hydrogens (primary N) is 1. The number of rotatable bonds is 3. The second-order valence-electron chi connectivity index (χ2n) is 3.59. The third-order valence-electron chi connectivity index (χ3n) is 2.36. The second kappa shape index (κ2) is 4.70. The molecule has 0 spiro atoms. The fourth-order valence-corrected chi connectivity index (χ4v) is 1.52. The van der Waals surface area contributed by atoms with Crippen LogP contribution in [-0.4, -0.2) is 15.0 Å². The molecule has 2 heterocycles. The van der Waals surface area contributed by atoms with Crippen LogP contribution in [0.5, 0.6) is 0 Å². The Morgan fingerprint density at radius 2 is 2.00 bits per heavy atom. The Hall–Kier alpha value is -1.97. The minimum Gasteiger partial charge on any atom is -0.383 e. The molecule has 2 aromatic rings. The molecule has 0 bridgehead atoms. The summed E-state index contributed by atoms with van der Waals surface area (Å²) >= 11 is 0. The summed E-state index contributed by atoms with van der Waals surface area (Å²) in [5, 5.41) is 0. The molecule has 82 valence electrons. The van der Waals surface area contributed by atoms with E-state index in [1.807, 2.05) is 18.3 Å². The van der Waals surface area contributed by atoms with Crippen molar-refractivity contribution in [3.63, 3.8) is 0 Å². The third-order valence-corrected chi connectivity index (χ3v) is 2.36. The minimum absolute atomic E-state index is 0.573. The van der Waals surface area contributed by atoms with Crippen molar-refractivity contribution in [1.29, 1.82) is 0 Å². The van der Waals surface area contributed by atoms with Gasteiger partial charge in [0.05, 0.1) is 0 Å². The molecule has 2 aromatic heterocycles. The van der Waals surface area contributed by atoms with E-state index < -0.39 is 0 Å². The Morgan fingerprint density at radius 1 is 1.25 bits per heavy atom. The van der Waals surface area contributed by atoms with Gasteiger partial charge in [-0.2, -0.15) is 0 Å². The maximum atomic E-state index is 5.88. The van der Waals surface area contributed by atoms with Gasteiger partial charge in [-0.3, -0.25) is 4.98 Å². The summed E-state index contributed by atoms with van der Waals surface area (Å²) in [7, 11) is 0. The van der Waals surface area contributed by atoms with Gasteiger partial charge in [0.15, 0.2) is 5.82 Å². The molecule has 0 aliphatic carbocycles. The van der Waals surface area contributed by atoms with E-state index in [0.717, 1.165) is 24.0 Å². The smallest absolute Gasteiger partial charge is 0.161 e. The molecule has 0 radical (unpaired) electrons. The highest BCUT2D eigenvalue weighted by Crippen LogP contribution is 2.17. The van der Waals surface area contributed by atoms with E-state index in [4.69, 9.17) is 5.73 Å². The molecular formula is C12H14N4. The van der Waals surface area contributed by atoms with Gasteiger partial charge in [0.25, 0.3) is 0 Å². The predicted molar refractivity (Wildman–Crippen MR) is 63.7 cm³/mol. The van der Waals surface area contributed by atoms with E-state index >= 15 is 0 Å². The molecule has 0 saturated carbocycles. The van der Waals surface area contributed by atoms with Crippen LogP contribution < -0.4 is 5.73 Å². The number of anilines is 1. The number of hydrogen-bond donors (Lipinski definition) is 1. The zero-order valence-corrected chi connectivity index (χ0v) is 9.22. The Bertz CT molecular complexity index is 468. The highest BCUT2D eigenvalue weighted by molar-refractivity contribution is 5.56. The van der Waals surface area contributed by atoms with Crippen LogP contribution in [0.4, 0.5) is 5.82 Å². The first-order valence-corrected chi connectivity index (χ1v) is 5.33. The van der Waals surface area contributed by atoms with E-state index in [1.165, 1.54) is 0 Å². The summed E-state index contributed by atoms with van der Waals surface area (Å²) in [5.74, 6) is 1.23. The van der Waals surface area contributed by atoms with Crippen LogP contribution in [0.25, 0.3) is 11.4 Å². The summed E-state index contributed by atoms with van der Waals surface area (Å²) in [6, 6.07) is 3.74. The SMILES string of the molecule is CCCc1cnc(-c2ccncc2)nc1N. The number of nitrogen functional groups attached to an aromatic ring is 1. The van der Waals surface area contributed by atoms with Crippen LogP contribution in [-0.2, 0) is 6.42 Å². The maximum absolute atomic E-state index is 5.88. The van der Waals surface area contributed by atoms with Crippen molar-refractivity contribution in [1.82, 2.24) is 15.0 Å². The first-order valence-electron chi connectivity index (χ1n) is 5.33. The molecule has 4 heteroatoms. The van der Waals surface area contributed by atoms with Gasteiger partial charge in [0.2, 0.25) is 0 Å². The monoisotopic (exact) mass is 214 g/mol. The van der Waals surface area contributed by atoms with Crippen molar-refractivity contribution < 1.29 is 0 Å². The number of hydrogen-bond acceptors (Lipinski definition) is 4. The van der Waals surface area contributed by atoms with E-state index in [1.54, 1.807) is 12.4 Å². The molecule has 4 nitrogen and oxygen atoms in total. The molecule has 0 unspecified atom stereocenters. The molecule has 16 heavy (non-hydrogen) atoms. The van der Waals surface area contributed by atoms with Gasteiger partial charge in [-0.15, -0.1) is 0 Å². The Labute approximate surface area is 94.6 Å². The van der Waals surface area contributed by atoms with Gasteiger partial charge in [0.1, 0.15) is 5.82 Å². The number of pyridine rings is 1. The van der Waals surface area contributed by atoms with Gasteiger partial charge in [0, 0.05) is 29.7 Å². The van der Waals surface area contributed by atoms with E-state index in [-0.39, 0.29) is 0 Å². The molecule has 2 N–H and O–H groups in total. The molecule has 0 aliphatic rings. The number of aromatic nitrogens is 3. The molecular weight excluding hydrogens is 200 g/mol. The Balaban J connectivity index is 2.35. The maximum Gasteiger partial charge on any atom is 0.161 e. The fraction of sp³-hybridized carbons (Fsp3) is 0.250. The third kappa shape index (κ3) is 2.16. The van der Waals surface area contributed by atoms with Crippen molar-refractivity contribution in [3.8, 4) is 11.4 Å². The van der Waals surface area contributed by atoms with Gasteiger partial charge in [-0.05, 0) is 18.6 Å². The topological polar surface area (TPSA) is 64.7 Å². The van der Waals surface area contributed by atoms with E-state index in [0.29, 0.717) is 11.6 Å². The number of nitrogens with zero attached hydrogens (tertiary/aromatic N) is 3. The Morgan fingerprint density at radius 3 is 2.62 bits per heavy atom. The van der Waals surface area contributed by atoms with Crippen LogP contribution >= 0.6 is 0 Å². The summed E-state index contributed by atoms with van der Waals surface area (Å²) in [6.45, 7) is 2.11. The second-order valence-corrected chi connectivity index (χ2v) is 3.59. The van der Waals surface area contributed by atoms with Crippen LogP contribution in [0, 0.1) is 0 Å². The van der Waals surface area contributed by atoms with Crippen LogP contribution in [0.1, 0.15) is 18.9 Å². The van der Waals surface area contributed by atoms with Crippen LogP contribution in [0.3, 0.4) is 0 Å². The highest BCUT2D eigenvalue weighted by atomic mass is 14.9. The standard InChI is InChI=1S/C12H14N4/c1-2-3-10-8-15-12(16-11(10)13)9-4-6-14-7-5-9/h4-8H,2-3H2,1H3,(H2,13,15,16). The summed E-state index contributed by atoms with van der Waals surface area (Å²) in [4.78, 5) is 12.6. The molecule has 0 atom stereocenters. The van der Waals surface area contributed by atoms with E-state index in [9.17, 15) is 0 Å². The summed E-state index contributed by atoms with van der Waals surface area (Å²) in [5.41, 5.74) is 7.83. The van der Waals surface area contributed by atoms with Crippen molar-refractivity contribution in [2.24, 2.45) is 0 Å². The van der Waals surface area contributed by atoms with Crippen molar-refractivity contribution in [2.75, 3.05) is 5.73 Å². The molecule has 2 rings (SSSR count). The lowest BCUT2D eigenvalue weighted by atomic mass is 10.2. The minimum atomic E-state index is 0.573. The van der Waals surface area contributed by atoms with E-state index in [2.05, 4.69) is 21.9 Å². The van der Waals surface area contributed by atoms with Gasteiger partial charge in [-0.25, -0.2) is 9.97 Å². The van der Waals surface area contributed by atoms with Gasteiger partial charge >= 0.3 is 0 Å². The summed E-state index contributed by atoms with van der Waals surface area (Å²) < 4.78 is 0. The molecule has 0 aliphatic heterocycles. The zero-order valence-electron chi connectivity index (χ0n) is 9.22. The average molecular weight is 214 g/mol. The molecule has 0 aromatic carbocycles. The van der Waals surface area contributed by atoms with Gasteiger partial charge < -0.3 is 5.73 Å². The molecule has 0 saturated heterocycles. The predicted octanol–water partition coefficient (Wildman–Crippen LogP) is 2.07. The molecule has 0 fully saturated rings. The van der Waals surface area contributed by atoms with Crippen LogP contribution in [0.2, 0.25) is 0 Å². The first-order chi connectivity index (χ1) is 7.81. The molecule has 0 amide bonds. The highest BCUT2D eigenvalue weighted by Gasteiger charge is 2.04. The quantitative estimate of drug-likeness (QED) is 0.849. The fourth-order valence-electron chi connectivity index (χ4n) is 1.52. The van der Waals surface area contributed by atoms with Gasteiger partial charge in [-0.1, -0.05) is 13.3 Å². The largest absolute Gasteiger partial charge is 0.383 e. The average Bonchev–Trinajstić information content (AvgIpc) is 2.33. The lowest BCUT2D eigenvalue weighted by Gasteiger charge is -2.05. The normalized spacial score (nSPS) is 10.3. The van der Waals surface area contributed by atoms with Crippen molar-refractivity contribution >= 4 is 5.82 Å². The summed E-state index contributed by atoms with van der Waals surface area (Å²) in [6.07, 6.45) is 7.20. The lowest BCUT2D eigenvalue weighted by Crippen LogP contribution is -2.01. The van der Waals surface area contributed by atoms with Crippen molar-refractivity contribution in [3.05, 3.63) is 36.3 Å². The van der Waals surface area contributed by atoms with Crippen LogP contribution in [0.15, 0.2) is 30.7 Å². The lowest BCUT2D eigenvalue weighted by molar-refractivity contribution is 0.907. The Kier molecular flexibility index (Phi) is 3.10. The van der Waals surface area contributed by atoms with Crippen molar-refractivity contribution in [2.45, 2.75) is 19.8 Å².